The summed E-state index contributed by atoms with van der Waals surface area (Å²) in [6.45, 7) is 10.1. The second kappa shape index (κ2) is 11.5. The van der Waals surface area contributed by atoms with Crippen molar-refractivity contribution in [3.05, 3.63) is 35.9 Å². The number of likely N-dealkylation sites (N-methyl/N-ethyl adjacent to an activating group) is 1. The first-order valence-electron chi connectivity index (χ1n) is 11.9. The molecule has 2 aliphatic heterocycles. The molecule has 0 radical (unpaired) electrons. The molecule has 0 aromatic heterocycles. The van der Waals surface area contributed by atoms with Gasteiger partial charge in [0.2, 0.25) is 5.91 Å². The van der Waals surface area contributed by atoms with E-state index in [0.717, 1.165) is 63.4 Å². The fourth-order valence-electron chi connectivity index (χ4n) is 4.66. The Kier molecular flexibility index (Phi) is 8.76. The average molecular weight is 428 g/mol. The number of carbonyl (C=O) groups is 1. The summed E-state index contributed by atoms with van der Waals surface area (Å²) in [6.07, 6.45) is 4.70. The number of rotatable bonds is 7. The van der Waals surface area contributed by atoms with Crippen LogP contribution < -0.4 is 5.32 Å². The first-order valence-corrected chi connectivity index (χ1v) is 11.9. The van der Waals surface area contributed by atoms with Crippen molar-refractivity contribution < 1.29 is 4.79 Å². The van der Waals surface area contributed by atoms with Gasteiger partial charge >= 0.3 is 0 Å². The van der Waals surface area contributed by atoms with Crippen LogP contribution in [0, 0.1) is 11.8 Å². The Morgan fingerprint density at radius 1 is 1.13 bits per heavy atom. The summed E-state index contributed by atoms with van der Waals surface area (Å²) in [5, 5.41) is 3.73. The second-order valence-electron chi connectivity index (χ2n) is 9.84. The van der Waals surface area contributed by atoms with E-state index >= 15 is 0 Å². The van der Waals surface area contributed by atoms with E-state index in [4.69, 9.17) is 4.99 Å². The maximum absolute atomic E-state index is 12.1. The molecule has 0 saturated carbocycles. The summed E-state index contributed by atoms with van der Waals surface area (Å²) in [5.74, 6) is 2.43. The van der Waals surface area contributed by atoms with Crippen LogP contribution in [-0.2, 0) is 11.3 Å². The summed E-state index contributed by atoms with van der Waals surface area (Å²) < 4.78 is 0. The maximum Gasteiger partial charge on any atom is 0.243 e. The molecule has 2 fully saturated rings. The van der Waals surface area contributed by atoms with Crippen LogP contribution in [0.5, 0.6) is 0 Å². The zero-order valence-corrected chi connectivity index (χ0v) is 19.9. The van der Waals surface area contributed by atoms with Gasteiger partial charge in [-0.2, -0.15) is 0 Å². The van der Waals surface area contributed by atoms with Gasteiger partial charge in [0, 0.05) is 52.9 Å². The average Bonchev–Trinajstić information content (AvgIpc) is 3.20. The minimum Gasteiger partial charge on any atom is -0.353 e. The number of piperidine rings is 1. The predicted octanol–water partition coefficient (Wildman–Crippen LogP) is 3.05. The number of nitrogens with zero attached hydrogens (tertiary/aromatic N) is 4. The van der Waals surface area contributed by atoms with E-state index < -0.39 is 0 Å². The highest BCUT2D eigenvalue weighted by molar-refractivity contribution is 5.85. The molecule has 1 aromatic carbocycles. The van der Waals surface area contributed by atoms with E-state index in [1.165, 1.54) is 18.4 Å². The lowest BCUT2D eigenvalue weighted by Gasteiger charge is -2.34. The molecule has 1 atom stereocenters. The molecule has 0 spiro atoms. The van der Waals surface area contributed by atoms with Crippen molar-refractivity contribution in [1.82, 2.24) is 20.0 Å². The highest BCUT2D eigenvalue weighted by atomic mass is 16.2. The Bertz CT molecular complexity index is 710. The van der Waals surface area contributed by atoms with Crippen LogP contribution in [0.3, 0.4) is 0 Å². The number of amides is 1. The molecule has 172 valence electrons. The third kappa shape index (κ3) is 7.53. The zero-order valence-electron chi connectivity index (χ0n) is 19.9. The van der Waals surface area contributed by atoms with Gasteiger partial charge in [-0.05, 0) is 43.1 Å². The fourth-order valence-corrected chi connectivity index (χ4v) is 4.66. The van der Waals surface area contributed by atoms with E-state index in [1.807, 2.05) is 0 Å². The highest BCUT2D eigenvalue weighted by Gasteiger charge is 2.28. The highest BCUT2D eigenvalue weighted by Crippen LogP contribution is 2.24. The monoisotopic (exact) mass is 427 g/mol. The van der Waals surface area contributed by atoms with Gasteiger partial charge in [-0.25, -0.2) is 4.99 Å². The largest absolute Gasteiger partial charge is 0.353 e. The molecule has 2 aliphatic rings. The fraction of sp³-hybridized carbons (Fsp3) is 0.680. The standard InChI is InChI=1S/C25H41N5O/c1-20(2)16-22-10-15-30(19-22)25(26-17-24(31)28(3)4)27-23-11-13-29(14-12-23)18-21-8-6-5-7-9-21/h5-9,20,22-23H,10-19H2,1-4H3,(H,26,27). The Hall–Kier alpha value is -2.08. The molecule has 6 heteroatoms. The smallest absolute Gasteiger partial charge is 0.243 e. The lowest BCUT2D eigenvalue weighted by molar-refractivity contribution is -0.127. The van der Waals surface area contributed by atoms with Gasteiger partial charge in [-0.1, -0.05) is 44.2 Å². The van der Waals surface area contributed by atoms with Crippen LogP contribution in [0.25, 0.3) is 0 Å². The minimum atomic E-state index is 0.0508. The zero-order chi connectivity index (χ0) is 22.2. The van der Waals surface area contributed by atoms with Crippen LogP contribution in [0.1, 0.15) is 45.1 Å². The van der Waals surface area contributed by atoms with Crippen molar-refractivity contribution in [1.29, 1.82) is 0 Å². The topological polar surface area (TPSA) is 51.2 Å². The van der Waals surface area contributed by atoms with E-state index in [1.54, 1.807) is 19.0 Å². The number of carbonyl (C=O) groups excluding carboxylic acids is 1. The molecule has 1 amide bonds. The summed E-state index contributed by atoms with van der Waals surface area (Å²) in [7, 11) is 3.59. The molecule has 1 N–H and O–H groups in total. The number of likely N-dealkylation sites (tertiary alicyclic amines) is 2. The molecule has 1 aromatic rings. The first kappa shape index (κ1) is 23.6. The van der Waals surface area contributed by atoms with Gasteiger partial charge in [-0.15, -0.1) is 0 Å². The Balaban J connectivity index is 1.56. The predicted molar refractivity (Wildman–Crippen MR) is 128 cm³/mol. The molecule has 2 saturated heterocycles. The molecular formula is C25H41N5O. The van der Waals surface area contributed by atoms with Gasteiger partial charge in [0.05, 0.1) is 0 Å². The van der Waals surface area contributed by atoms with Crippen molar-refractivity contribution >= 4 is 11.9 Å². The summed E-state index contributed by atoms with van der Waals surface area (Å²) in [4.78, 5) is 23.4. The van der Waals surface area contributed by atoms with Crippen LogP contribution in [-0.4, -0.2) is 79.4 Å². The van der Waals surface area contributed by atoms with Gasteiger partial charge in [0.1, 0.15) is 6.54 Å². The lowest BCUT2D eigenvalue weighted by atomic mass is 9.97. The van der Waals surface area contributed by atoms with Crippen LogP contribution >= 0.6 is 0 Å². The number of hydrogen-bond acceptors (Lipinski definition) is 3. The normalized spacial score (nSPS) is 21.0. The molecule has 6 nitrogen and oxygen atoms in total. The van der Waals surface area contributed by atoms with Crippen LogP contribution in [0.2, 0.25) is 0 Å². The maximum atomic E-state index is 12.1. The molecular weight excluding hydrogens is 386 g/mol. The number of guanidine groups is 1. The van der Waals surface area contributed by atoms with Gasteiger partial charge < -0.3 is 15.1 Å². The first-order chi connectivity index (χ1) is 14.9. The van der Waals surface area contributed by atoms with E-state index in [0.29, 0.717) is 6.04 Å². The van der Waals surface area contributed by atoms with Crippen molar-refractivity contribution in [2.24, 2.45) is 16.8 Å². The molecule has 3 rings (SSSR count). The van der Waals surface area contributed by atoms with Crippen LogP contribution in [0.15, 0.2) is 35.3 Å². The number of benzene rings is 1. The van der Waals surface area contributed by atoms with Gasteiger partial charge in [0.25, 0.3) is 0 Å². The third-order valence-electron chi connectivity index (χ3n) is 6.42. The Morgan fingerprint density at radius 3 is 2.48 bits per heavy atom. The van der Waals surface area contributed by atoms with Crippen LogP contribution in [0.4, 0.5) is 0 Å². The van der Waals surface area contributed by atoms with Gasteiger partial charge in [-0.3, -0.25) is 9.69 Å². The van der Waals surface area contributed by atoms with Crippen molar-refractivity contribution in [2.75, 3.05) is 46.8 Å². The number of nitrogens with one attached hydrogen (secondary N) is 1. The number of hydrogen-bond donors (Lipinski definition) is 1. The summed E-state index contributed by atoms with van der Waals surface area (Å²) in [5.41, 5.74) is 1.38. The summed E-state index contributed by atoms with van der Waals surface area (Å²) in [6, 6.07) is 11.1. The Labute approximate surface area is 188 Å². The molecule has 0 bridgehead atoms. The molecule has 1 unspecified atom stereocenters. The van der Waals surface area contributed by atoms with E-state index in [2.05, 4.69) is 59.3 Å². The quantitative estimate of drug-likeness (QED) is 0.537. The van der Waals surface area contributed by atoms with Gasteiger partial charge in [0.15, 0.2) is 5.96 Å². The molecule has 0 aliphatic carbocycles. The second-order valence-corrected chi connectivity index (χ2v) is 9.84. The Morgan fingerprint density at radius 2 is 1.84 bits per heavy atom. The third-order valence-corrected chi connectivity index (χ3v) is 6.42. The lowest BCUT2D eigenvalue weighted by Crippen LogP contribution is -2.49. The van der Waals surface area contributed by atoms with Crippen molar-refractivity contribution in [2.45, 2.75) is 52.1 Å². The molecule has 2 heterocycles. The van der Waals surface area contributed by atoms with E-state index in [9.17, 15) is 4.79 Å². The molecule has 31 heavy (non-hydrogen) atoms. The SMILES string of the molecule is CC(C)CC1CCN(C(=NCC(=O)N(C)C)NC2CCN(Cc3ccccc3)CC2)C1. The minimum absolute atomic E-state index is 0.0508. The number of aliphatic imine (C=N–C) groups is 1. The van der Waals surface area contributed by atoms with Crippen molar-refractivity contribution in [3.8, 4) is 0 Å². The van der Waals surface area contributed by atoms with E-state index in [-0.39, 0.29) is 12.5 Å². The van der Waals surface area contributed by atoms with Crippen molar-refractivity contribution in [3.63, 3.8) is 0 Å². The summed E-state index contributed by atoms with van der Waals surface area (Å²) >= 11 is 0.